The highest BCUT2D eigenvalue weighted by atomic mass is 32.2. The van der Waals surface area contributed by atoms with E-state index in [1.807, 2.05) is 12.1 Å². The molecule has 0 bridgehead atoms. The van der Waals surface area contributed by atoms with E-state index in [2.05, 4.69) is 38.0 Å². The maximum Gasteiger partial charge on any atom is 0.177 e. The molecule has 100 valence electrons. The van der Waals surface area contributed by atoms with E-state index < -0.39 is 0 Å². The van der Waals surface area contributed by atoms with Crippen molar-refractivity contribution < 1.29 is 4.74 Å². The second kappa shape index (κ2) is 6.54. The average Bonchev–Trinajstić information content (AvgIpc) is 2.33. The zero-order valence-corrected chi connectivity index (χ0v) is 12.0. The molecule has 1 rings (SSSR count). The zero-order chi connectivity index (χ0) is 13.6. The molecule has 4 N–H and O–H groups in total. The average molecular weight is 267 g/mol. The molecule has 0 heterocycles. The minimum Gasteiger partial charge on any atom is -0.493 e. The second-order valence-corrected chi connectivity index (χ2v) is 6.05. The van der Waals surface area contributed by atoms with E-state index in [4.69, 9.17) is 16.3 Å². The Kier molecular flexibility index (Phi) is 5.34. The lowest BCUT2D eigenvalue weighted by atomic mass is 9.87. The molecule has 0 saturated heterocycles. The van der Waals surface area contributed by atoms with Crippen molar-refractivity contribution in [1.29, 1.82) is 0 Å². The molecule has 0 fully saturated rings. The van der Waals surface area contributed by atoms with Crippen LogP contribution < -0.4 is 16.3 Å². The summed E-state index contributed by atoms with van der Waals surface area (Å²) in [6, 6.07) is 8.17. The molecule has 0 atom stereocenters. The number of thioether (sulfide) groups is 1. The lowest BCUT2D eigenvalue weighted by Gasteiger charge is -2.19. The predicted molar refractivity (Wildman–Crippen MR) is 78.9 cm³/mol. The summed E-state index contributed by atoms with van der Waals surface area (Å²) in [5.74, 6) is 6.62. The van der Waals surface area contributed by atoms with Gasteiger partial charge in [-0.3, -0.25) is 0 Å². The van der Waals surface area contributed by atoms with Gasteiger partial charge in [0, 0.05) is 5.75 Å². The van der Waals surface area contributed by atoms with Crippen LogP contribution in [0.4, 0.5) is 0 Å². The third-order valence-corrected chi connectivity index (χ3v) is 3.22. The third-order valence-electron chi connectivity index (χ3n) is 2.45. The Balaban J connectivity index is 2.40. The molecular formula is C13H21N3OS. The van der Waals surface area contributed by atoms with Crippen LogP contribution in [0.5, 0.6) is 5.75 Å². The predicted octanol–water partition coefficient (Wildman–Crippen LogP) is 2.28. The molecule has 0 radical (unpaired) electrons. The van der Waals surface area contributed by atoms with Gasteiger partial charge in [0.1, 0.15) is 5.75 Å². The summed E-state index contributed by atoms with van der Waals surface area (Å²) in [5.41, 5.74) is 6.91. The van der Waals surface area contributed by atoms with Gasteiger partial charge in [-0.15, -0.1) is 0 Å². The van der Waals surface area contributed by atoms with Crippen LogP contribution in [0.2, 0.25) is 0 Å². The van der Waals surface area contributed by atoms with Gasteiger partial charge in [0.05, 0.1) is 6.61 Å². The first-order valence-corrected chi connectivity index (χ1v) is 6.81. The summed E-state index contributed by atoms with van der Waals surface area (Å²) in [5, 5.41) is 3.75. The molecule has 1 aromatic carbocycles. The summed E-state index contributed by atoms with van der Waals surface area (Å²) >= 11 is 1.38. The Morgan fingerprint density at radius 3 is 2.39 bits per heavy atom. The summed E-state index contributed by atoms with van der Waals surface area (Å²) in [4.78, 5) is 0. The summed E-state index contributed by atoms with van der Waals surface area (Å²) in [6.07, 6.45) is 0. The summed E-state index contributed by atoms with van der Waals surface area (Å²) < 4.78 is 5.60. The highest BCUT2D eigenvalue weighted by Crippen LogP contribution is 2.24. The van der Waals surface area contributed by atoms with Gasteiger partial charge in [-0.25, -0.2) is 0 Å². The Morgan fingerprint density at radius 2 is 1.89 bits per heavy atom. The zero-order valence-electron chi connectivity index (χ0n) is 11.1. The van der Waals surface area contributed by atoms with Crippen molar-refractivity contribution in [3.8, 4) is 5.75 Å². The van der Waals surface area contributed by atoms with E-state index in [1.54, 1.807) is 0 Å². The number of benzene rings is 1. The van der Waals surface area contributed by atoms with Crippen molar-refractivity contribution in [3.05, 3.63) is 29.8 Å². The third kappa shape index (κ3) is 4.87. The van der Waals surface area contributed by atoms with Gasteiger partial charge in [0.2, 0.25) is 0 Å². The second-order valence-electron chi connectivity index (χ2n) is 4.94. The topological polar surface area (TPSA) is 73.6 Å². The molecule has 4 nitrogen and oxygen atoms in total. The first-order chi connectivity index (χ1) is 8.43. The maximum atomic E-state index is 5.60. The number of amidine groups is 1. The lowest BCUT2D eigenvalue weighted by Crippen LogP contribution is -2.12. The van der Waals surface area contributed by atoms with E-state index in [-0.39, 0.29) is 5.41 Å². The van der Waals surface area contributed by atoms with Crippen LogP contribution in [-0.4, -0.2) is 17.5 Å². The van der Waals surface area contributed by atoms with Crippen molar-refractivity contribution in [1.82, 2.24) is 0 Å². The van der Waals surface area contributed by atoms with Gasteiger partial charge in [-0.05, 0) is 23.1 Å². The summed E-state index contributed by atoms with van der Waals surface area (Å²) in [6.45, 7) is 7.15. The highest BCUT2D eigenvalue weighted by Gasteiger charge is 2.12. The number of hydrogen-bond donors (Lipinski definition) is 2. The molecule has 0 amide bonds. The van der Waals surface area contributed by atoms with E-state index in [9.17, 15) is 0 Å². The fourth-order valence-corrected chi connectivity index (χ4v) is 1.84. The van der Waals surface area contributed by atoms with Gasteiger partial charge < -0.3 is 16.3 Å². The van der Waals surface area contributed by atoms with Crippen molar-refractivity contribution in [2.75, 3.05) is 12.4 Å². The molecule has 0 aromatic heterocycles. The first kappa shape index (κ1) is 14.7. The van der Waals surface area contributed by atoms with Crippen molar-refractivity contribution in [2.24, 2.45) is 16.7 Å². The number of hydrogen-bond acceptors (Lipinski definition) is 4. The number of nitrogens with two attached hydrogens (primary N) is 2. The van der Waals surface area contributed by atoms with Crippen LogP contribution in [0.1, 0.15) is 26.3 Å². The largest absolute Gasteiger partial charge is 0.493 e. The molecular weight excluding hydrogens is 246 g/mol. The van der Waals surface area contributed by atoms with E-state index in [1.165, 1.54) is 17.3 Å². The molecule has 0 aliphatic rings. The van der Waals surface area contributed by atoms with Crippen LogP contribution in [0, 0.1) is 0 Å². The van der Waals surface area contributed by atoms with E-state index >= 15 is 0 Å². The summed E-state index contributed by atoms with van der Waals surface area (Å²) in [7, 11) is 0. The van der Waals surface area contributed by atoms with Crippen LogP contribution in [-0.2, 0) is 5.41 Å². The van der Waals surface area contributed by atoms with Crippen LogP contribution >= 0.6 is 11.8 Å². The SMILES string of the molecule is CC(C)(C)c1ccc(OCCSC(N)=NN)cc1. The molecule has 0 spiro atoms. The molecule has 1 aromatic rings. The molecule has 0 aliphatic carbocycles. The van der Waals surface area contributed by atoms with Gasteiger partial charge >= 0.3 is 0 Å². The van der Waals surface area contributed by atoms with Crippen LogP contribution in [0.3, 0.4) is 0 Å². The quantitative estimate of drug-likeness (QED) is 0.288. The van der Waals surface area contributed by atoms with Crippen LogP contribution in [0.15, 0.2) is 29.4 Å². The minimum atomic E-state index is 0.167. The molecule has 0 unspecified atom stereocenters. The van der Waals surface area contributed by atoms with Crippen molar-refractivity contribution >= 4 is 16.9 Å². The first-order valence-electron chi connectivity index (χ1n) is 5.83. The Morgan fingerprint density at radius 1 is 1.28 bits per heavy atom. The standard InChI is InChI=1S/C13H21N3OS/c1-13(2,3)10-4-6-11(7-5-10)17-8-9-18-12(14)16-15/h4-7H,8-9,15H2,1-3H3,(H2,14,16). The number of rotatable bonds is 4. The molecule has 5 heteroatoms. The Hall–Kier alpha value is -1.36. The monoisotopic (exact) mass is 267 g/mol. The smallest absolute Gasteiger partial charge is 0.177 e. The fourth-order valence-electron chi connectivity index (χ4n) is 1.39. The number of ether oxygens (including phenoxy) is 1. The Bertz CT molecular complexity index is 396. The highest BCUT2D eigenvalue weighted by molar-refractivity contribution is 8.13. The van der Waals surface area contributed by atoms with Gasteiger partial charge in [0.15, 0.2) is 5.17 Å². The van der Waals surface area contributed by atoms with Gasteiger partial charge in [0.25, 0.3) is 0 Å². The Labute approximate surface area is 113 Å². The number of nitrogens with zero attached hydrogens (tertiary/aromatic N) is 1. The molecule has 18 heavy (non-hydrogen) atoms. The minimum absolute atomic E-state index is 0.167. The van der Waals surface area contributed by atoms with Gasteiger partial charge in [-0.2, -0.15) is 5.10 Å². The van der Waals surface area contributed by atoms with E-state index in [0.717, 1.165) is 11.5 Å². The normalized spacial score (nSPS) is 12.5. The van der Waals surface area contributed by atoms with Crippen LogP contribution in [0.25, 0.3) is 0 Å². The van der Waals surface area contributed by atoms with Crippen molar-refractivity contribution in [2.45, 2.75) is 26.2 Å². The number of hydrazone groups is 1. The lowest BCUT2D eigenvalue weighted by molar-refractivity contribution is 0.344. The van der Waals surface area contributed by atoms with Crippen molar-refractivity contribution in [3.63, 3.8) is 0 Å². The fraction of sp³-hybridized carbons (Fsp3) is 0.462. The van der Waals surface area contributed by atoms with E-state index in [0.29, 0.717) is 11.8 Å². The van der Waals surface area contributed by atoms with Gasteiger partial charge in [-0.1, -0.05) is 44.7 Å². The maximum absolute atomic E-state index is 5.60. The molecule has 0 saturated carbocycles. The molecule has 0 aliphatic heterocycles.